The maximum Gasteiger partial charge on any atom is 0.251 e. The Hall–Kier alpha value is -2.37. The van der Waals surface area contributed by atoms with Gasteiger partial charge in [-0.15, -0.1) is 12.4 Å². The van der Waals surface area contributed by atoms with Gasteiger partial charge >= 0.3 is 0 Å². The van der Waals surface area contributed by atoms with Gasteiger partial charge in [-0.25, -0.2) is 0 Å². The summed E-state index contributed by atoms with van der Waals surface area (Å²) in [4.78, 5) is 24.9. The van der Waals surface area contributed by atoms with Crippen molar-refractivity contribution in [1.29, 1.82) is 0 Å². The number of halogens is 1. The first-order valence-electron chi connectivity index (χ1n) is 8.98. The quantitative estimate of drug-likeness (QED) is 0.708. The van der Waals surface area contributed by atoms with E-state index in [1.54, 1.807) is 12.1 Å². The van der Waals surface area contributed by atoms with Crippen LogP contribution in [0.25, 0.3) is 0 Å². The van der Waals surface area contributed by atoms with E-state index in [0.29, 0.717) is 17.3 Å². The summed E-state index contributed by atoms with van der Waals surface area (Å²) in [5.41, 5.74) is 9.27. The van der Waals surface area contributed by atoms with E-state index in [9.17, 15) is 9.59 Å². The minimum absolute atomic E-state index is 0. The van der Waals surface area contributed by atoms with Crippen molar-refractivity contribution in [2.24, 2.45) is 11.7 Å². The van der Waals surface area contributed by atoms with Crippen molar-refractivity contribution >= 4 is 29.9 Å². The zero-order chi connectivity index (χ0) is 18.7. The van der Waals surface area contributed by atoms with Crippen LogP contribution in [0.5, 0.6) is 0 Å². The summed E-state index contributed by atoms with van der Waals surface area (Å²) in [6.45, 7) is 3.71. The fraction of sp³-hybridized carbons (Fsp3) is 0.333. The van der Waals surface area contributed by atoms with Crippen molar-refractivity contribution in [1.82, 2.24) is 5.32 Å². The second kappa shape index (κ2) is 9.02. The largest absolute Gasteiger partial charge is 0.349 e. The Morgan fingerprint density at radius 1 is 1.11 bits per heavy atom. The summed E-state index contributed by atoms with van der Waals surface area (Å²) < 4.78 is 0. The molecule has 2 amide bonds. The van der Waals surface area contributed by atoms with Gasteiger partial charge < -0.3 is 16.4 Å². The number of carbonyl (C=O) groups is 2. The molecule has 3 rings (SSSR count). The minimum Gasteiger partial charge on any atom is -0.349 e. The molecule has 0 bridgehead atoms. The highest BCUT2D eigenvalue weighted by Gasteiger charge is 2.25. The van der Waals surface area contributed by atoms with Gasteiger partial charge in [0.25, 0.3) is 5.91 Å². The highest BCUT2D eigenvalue weighted by Crippen LogP contribution is 2.24. The van der Waals surface area contributed by atoms with Crippen LogP contribution < -0.4 is 16.4 Å². The normalized spacial score (nSPS) is 15.2. The molecule has 2 atom stereocenters. The minimum atomic E-state index is -0.402. The van der Waals surface area contributed by atoms with Crippen LogP contribution in [0, 0.1) is 12.8 Å². The zero-order valence-electron chi connectivity index (χ0n) is 15.6. The van der Waals surface area contributed by atoms with E-state index in [-0.39, 0.29) is 24.2 Å². The number of amides is 2. The Morgan fingerprint density at radius 3 is 2.41 bits per heavy atom. The molecule has 1 fully saturated rings. The Morgan fingerprint density at radius 2 is 1.78 bits per heavy atom. The lowest BCUT2D eigenvalue weighted by atomic mass is 9.94. The molecule has 0 radical (unpaired) electrons. The van der Waals surface area contributed by atoms with Crippen molar-refractivity contribution in [3.05, 3.63) is 65.2 Å². The first-order chi connectivity index (χ1) is 12.5. The lowest BCUT2D eigenvalue weighted by molar-refractivity contribution is -0.120. The highest BCUT2D eigenvalue weighted by molar-refractivity contribution is 5.98. The molecule has 144 valence electrons. The third kappa shape index (κ3) is 5.31. The van der Waals surface area contributed by atoms with Gasteiger partial charge in [0, 0.05) is 23.3 Å². The molecule has 2 unspecified atom stereocenters. The fourth-order valence-corrected chi connectivity index (χ4v) is 2.77. The van der Waals surface area contributed by atoms with Gasteiger partial charge in [-0.3, -0.25) is 9.59 Å². The topological polar surface area (TPSA) is 84.2 Å². The van der Waals surface area contributed by atoms with E-state index < -0.39 is 12.0 Å². The Bertz CT molecular complexity index is 806. The van der Waals surface area contributed by atoms with Gasteiger partial charge in [-0.1, -0.05) is 43.3 Å². The molecule has 2 aromatic carbocycles. The van der Waals surface area contributed by atoms with Crippen molar-refractivity contribution in [2.45, 2.75) is 38.8 Å². The number of aryl methyl sites for hydroxylation is 1. The van der Waals surface area contributed by atoms with Crippen molar-refractivity contribution in [3.8, 4) is 0 Å². The van der Waals surface area contributed by atoms with E-state index in [1.807, 2.05) is 50.2 Å². The maximum absolute atomic E-state index is 12.7. The van der Waals surface area contributed by atoms with Crippen LogP contribution >= 0.6 is 12.4 Å². The van der Waals surface area contributed by atoms with E-state index in [4.69, 9.17) is 5.73 Å². The van der Waals surface area contributed by atoms with Gasteiger partial charge in [-0.2, -0.15) is 0 Å². The number of anilines is 1. The zero-order valence-corrected chi connectivity index (χ0v) is 16.4. The molecule has 1 saturated carbocycles. The molecule has 1 aliphatic rings. The lowest BCUT2D eigenvalue weighted by Crippen LogP contribution is -2.31. The number of carbonyl (C=O) groups excluding carboxylic acids is 2. The Kier molecular flexibility index (Phi) is 6.99. The Labute approximate surface area is 166 Å². The summed E-state index contributed by atoms with van der Waals surface area (Å²) in [7, 11) is 0. The van der Waals surface area contributed by atoms with Crippen LogP contribution in [-0.2, 0) is 4.79 Å². The number of benzene rings is 2. The number of hydrogen-bond acceptors (Lipinski definition) is 3. The lowest BCUT2D eigenvalue weighted by Gasteiger charge is -2.20. The van der Waals surface area contributed by atoms with Crippen LogP contribution in [0.4, 0.5) is 5.69 Å². The fourth-order valence-electron chi connectivity index (χ4n) is 2.77. The molecule has 0 aliphatic heterocycles. The predicted octanol–water partition coefficient (Wildman–Crippen LogP) is 3.58. The molecule has 1 aliphatic carbocycles. The van der Waals surface area contributed by atoms with E-state index >= 15 is 0 Å². The van der Waals surface area contributed by atoms with Gasteiger partial charge in [0.15, 0.2) is 0 Å². The van der Waals surface area contributed by atoms with Gasteiger partial charge in [0.1, 0.15) is 0 Å². The third-order valence-electron chi connectivity index (χ3n) is 4.81. The molecule has 2 aromatic rings. The molecule has 0 aromatic heterocycles. The summed E-state index contributed by atoms with van der Waals surface area (Å²) in [6, 6.07) is 14.8. The van der Waals surface area contributed by atoms with E-state index in [1.165, 1.54) is 0 Å². The summed E-state index contributed by atoms with van der Waals surface area (Å²) in [5.74, 6) is -0.665. The molecule has 6 heteroatoms. The molecule has 4 N–H and O–H groups in total. The Balaban J connectivity index is 0.00000261. The smallest absolute Gasteiger partial charge is 0.251 e. The molecular formula is C21H26ClN3O2. The van der Waals surface area contributed by atoms with E-state index in [0.717, 1.165) is 24.0 Å². The summed E-state index contributed by atoms with van der Waals surface area (Å²) in [6.07, 6.45) is 2.08. The number of hydrogen-bond donors (Lipinski definition) is 3. The van der Waals surface area contributed by atoms with E-state index in [2.05, 4.69) is 10.6 Å². The number of rotatable bonds is 6. The molecule has 0 spiro atoms. The summed E-state index contributed by atoms with van der Waals surface area (Å²) >= 11 is 0. The molecular weight excluding hydrogens is 362 g/mol. The monoisotopic (exact) mass is 387 g/mol. The first kappa shape index (κ1) is 20.9. The van der Waals surface area contributed by atoms with Gasteiger partial charge in [-0.05, 0) is 43.0 Å². The second-order valence-corrected chi connectivity index (χ2v) is 6.99. The SMILES string of the molecule is Cc1ccc(C(=O)NC2CC2)cc1NC(=O)C(C)C(N)c1ccccc1.Cl. The van der Waals surface area contributed by atoms with Crippen LogP contribution in [0.3, 0.4) is 0 Å². The van der Waals surface area contributed by atoms with Crippen LogP contribution in [0.15, 0.2) is 48.5 Å². The molecule has 5 nitrogen and oxygen atoms in total. The van der Waals surface area contributed by atoms with Crippen molar-refractivity contribution in [3.63, 3.8) is 0 Å². The molecule has 0 heterocycles. The standard InChI is InChI=1S/C21H25N3O2.ClH/c1-13-8-9-16(21(26)23-17-10-11-17)12-18(13)24-20(25)14(2)19(22)15-6-4-3-5-7-15;/h3-9,12,14,17,19H,10-11,22H2,1-2H3,(H,23,26)(H,24,25);1H. The molecule has 27 heavy (non-hydrogen) atoms. The van der Waals surface area contributed by atoms with Crippen molar-refractivity contribution in [2.75, 3.05) is 5.32 Å². The number of nitrogens with two attached hydrogens (primary N) is 1. The van der Waals surface area contributed by atoms with Gasteiger partial charge in [0.2, 0.25) is 5.91 Å². The molecule has 0 saturated heterocycles. The van der Waals surface area contributed by atoms with Crippen LogP contribution in [0.2, 0.25) is 0 Å². The van der Waals surface area contributed by atoms with Crippen LogP contribution in [-0.4, -0.2) is 17.9 Å². The third-order valence-corrected chi connectivity index (χ3v) is 4.81. The highest BCUT2D eigenvalue weighted by atomic mass is 35.5. The van der Waals surface area contributed by atoms with Gasteiger partial charge in [0.05, 0.1) is 5.92 Å². The maximum atomic E-state index is 12.7. The average Bonchev–Trinajstić information content (AvgIpc) is 3.46. The number of nitrogens with one attached hydrogen (secondary N) is 2. The average molecular weight is 388 g/mol. The predicted molar refractivity (Wildman–Crippen MR) is 110 cm³/mol. The van der Waals surface area contributed by atoms with Crippen molar-refractivity contribution < 1.29 is 9.59 Å². The van der Waals surface area contributed by atoms with Crippen LogP contribution in [0.1, 0.15) is 47.3 Å². The summed E-state index contributed by atoms with van der Waals surface area (Å²) in [5, 5.41) is 5.89. The first-order valence-corrected chi connectivity index (χ1v) is 8.98. The second-order valence-electron chi connectivity index (χ2n) is 6.99.